The number of carboxylic acid groups (broad SMARTS) is 1. The molecule has 0 fully saturated rings. The van der Waals surface area contributed by atoms with Gasteiger partial charge in [0, 0.05) is 6.20 Å². The van der Waals surface area contributed by atoms with Crippen molar-refractivity contribution in [3.8, 4) is 0 Å². The molecule has 14 heavy (non-hydrogen) atoms. The summed E-state index contributed by atoms with van der Waals surface area (Å²) < 4.78 is 1.38. The third kappa shape index (κ3) is 1.09. The van der Waals surface area contributed by atoms with Crippen molar-refractivity contribution in [1.82, 2.24) is 9.38 Å². The van der Waals surface area contributed by atoms with Crippen LogP contribution >= 0.6 is 0 Å². The summed E-state index contributed by atoms with van der Waals surface area (Å²) in [6.07, 6.45) is 1.56. The molecule has 0 radical (unpaired) electrons. The Kier molecular flexibility index (Phi) is 1.83. The number of fused-ring (bicyclic) bond motifs is 1. The number of nitrogens with zero attached hydrogens (tertiary/aromatic N) is 2. The summed E-state index contributed by atoms with van der Waals surface area (Å²) in [5, 5.41) is 17.6. The fourth-order valence-electron chi connectivity index (χ4n) is 1.28. The van der Waals surface area contributed by atoms with Gasteiger partial charge in [0.25, 0.3) is 0 Å². The Morgan fingerprint density at radius 1 is 1.50 bits per heavy atom. The van der Waals surface area contributed by atoms with Crippen molar-refractivity contribution in [2.24, 2.45) is 0 Å². The monoisotopic (exact) mass is 193 g/mol. The second-order valence-electron chi connectivity index (χ2n) is 2.65. The highest BCUT2D eigenvalue weighted by molar-refractivity contribution is 5.92. The Labute approximate surface area is 78.4 Å². The number of hydrogen-bond acceptors (Lipinski definition) is 4. The molecule has 3 N–H and O–H groups in total. The second-order valence-corrected chi connectivity index (χ2v) is 2.65. The number of carbonyl (C=O) groups is 1. The van der Waals surface area contributed by atoms with Crippen LogP contribution in [0.2, 0.25) is 0 Å². The average Bonchev–Trinajstić information content (AvgIpc) is 2.55. The summed E-state index contributed by atoms with van der Waals surface area (Å²) in [5.74, 6) is -1.22. The van der Waals surface area contributed by atoms with Crippen LogP contribution in [0.1, 0.15) is 10.5 Å². The first-order chi connectivity index (χ1) is 6.74. The lowest BCUT2D eigenvalue weighted by Crippen LogP contribution is -2.05. The van der Waals surface area contributed by atoms with Crippen molar-refractivity contribution in [2.75, 3.05) is 5.48 Å². The van der Waals surface area contributed by atoms with Gasteiger partial charge in [-0.25, -0.2) is 9.78 Å². The van der Waals surface area contributed by atoms with Crippen LogP contribution in [0, 0.1) is 0 Å². The lowest BCUT2D eigenvalue weighted by molar-refractivity contribution is 0.0689. The number of anilines is 1. The third-order valence-electron chi connectivity index (χ3n) is 1.84. The Balaban J connectivity index is 2.81. The topological polar surface area (TPSA) is 86.9 Å². The van der Waals surface area contributed by atoms with Gasteiger partial charge in [-0.1, -0.05) is 6.07 Å². The molecule has 0 aliphatic heterocycles. The summed E-state index contributed by atoms with van der Waals surface area (Å²) in [6, 6.07) is 5.06. The van der Waals surface area contributed by atoms with Crippen molar-refractivity contribution in [2.45, 2.75) is 0 Å². The van der Waals surface area contributed by atoms with Gasteiger partial charge >= 0.3 is 5.97 Å². The maximum absolute atomic E-state index is 10.8. The molecule has 0 saturated heterocycles. The van der Waals surface area contributed by atoms with E-state index in [1.165, 1.54) is 4.40 Å². The Morgan fingerprint density at radius 2 is 2.29 bits per heavy atom. The highest BCUT2D eigenvalue weighted by Gasteiger charge is 2.17. The summed E-state index contributed by atoms with van der Waals surface area (Å²) in [4.78, 5) is 14.7. The van der Waals surface area contributed by atoms with Crippen LogP contribution in [0.15, 0.2) is 24.4 Å². The number of aromatic nitrogens is 2. The molecule has 0 saturated carbocycles. The van der Waals surface area contributed by atoms with E-state index in [1.807, 2.05) is 0 Å². The minimum absolute atomic E-state index is 0.0660. The van der Waals surface area contributed by atoms with Crippen molar-refractivity contribution < 1.29 is 15.1 Å². The summed E-state index contributed by atoms with van der Waals surface area (Å²) in [6.45, 7) is 0. The molecule has 0 aliphatic carbocycles. The minimum atomic E-state index is -1.15. The molecule has 6 heteroatoms. The molecule has 0 atom stereocenters. The molecule has 0 bridgehead atoms. The molecular weight excluding hydrogens is 186 g/mol. The largest absolute Gasteiger partial charge is 0.476 e. The fraction of sp³-hybridized carbons (Fsp3) is 0. The van der Waals surface area contributed by atoms with Crippen LogP contribution in [0.25, 0.3) is 5.65 Å². The van der Waals surface area contributed by atoms with Gasteiger partial charge < -0.3 is 5.11 Å². The third-order valence-corrected chi connectivity index (χ3v) is 1.84. The van der Waals surface area contributed by atoms with E-state index in [2.05, 4.69) is 4.98 Å². The van der Waals surface area contributed by atoms with Gasteiger partial charge in [-0.15, -0.1) is 0 Å². The van der Waals surface area contributed by atoms with E-state index < -0.39 is 5.97 Å². The van der Waals surface area contributed by atoms with E-state index in [0.29, 0.717) is 5.65 Å². The summed E-state index contributed by atoms with van der Waals surface area (Å²) >= 11 is 0. The number of pyridine rings is 1. The normalized spacial score (nSPS) is 10.4. The SMILES string of the molecule is O=C(O)c1c(NO)nc2ccccn12. The van der Waals surface area contributed by atoms with E-state index in [-0.39, 0.29) is 11.5 Å². The molecule has 0 aromatic carbocycles. The van der Waals surface area contributed by atoms with Crippen molar-refractivity contribution in [1.29, 1.82) is 0 Å². The molecule has 0 unspecified atom stereocenters. The predicted octanol–water partition coefficient (Wildman–Crippen LogP) is 0.834. The molecule has 2 rings (SSSR count). The van der Waals surface area contributed by atoms with Crippen LogP contribution in [0.4, 0.5) is 5.82 Å². The van der Waals surface area contributed by atoms with Gasteiger partial charge in [0.2, 0.25) is 0 Å². The zero-order valence-electron chi connectivity index (χ0n) is 7.01. The summed E-state index contributed by atoms with van der Waals surface area (Å²) in [7, 11) is 0. The Hall–Kier alpha value is -2.08. The number of aromatic carboxylic acids is 1. The van der Waals surface area contributed by atoms with Gasteiger partial charge in [0.05, 0.1) is 0 Å². The zero-order chi connectivity index (χ0) is 10.1. The number of nitrogens with one attached hydrogen (secondary N) is 1. The van der Waals surface area contributed by atoms with Crippen LogP contribution in [-0.2, 0) is 0 Å². The van der Waals surface area contributed by atoms with Crippen molar-refractivity contribution in [3.05, 3.63) is 30.1 Å². The molecule has 6 nitrogen and oxygen atoms in total. The van der Waals surface area contributed by atoms with Gasteiger partial charge in [0.1, 0.15) is 5.65 Å². The number of carboxylic acids is 1. The quantitative estimate of drug-likeness (QED) is 0.615. The van der Waals surface area contributed by atoms with Crippen LogP contribution in [-0.4, -0.2) is 25.7 Å². The van der Waals surface area contributed by atoms with Gasteiger partial charge in [-0.2, -0.15) is 0 Å². The van der Waals surface area contributed by atoms with Crippen LogP contribution in [0.5, 0.6) is 0 Å². The van der Waals surface area contributed by atoms with Crippen molar-refractivity contribution >= 4 is 17.4 Å². The first kappa shape index (κ1) is 8.52. The Morgan fingerprint density at radius 3 is 2.93 bits per heavy atom. The van der Waals surface area contributed by atoms with Gasteiger partial charge in [-0.05, 0) is 12.1 Å². The number of rotatable bonds is 2. The molecule has 2 heterocycles. The number of hydrogen-bond donors (Lipinski definition) is 3. The van der Waals surface area contributed by atoms with E-state index >= 15 is 0 Å². The summed E-state index contributed by atoms with van der Waals surface area (Å²) in [5.41, 5.74) is 2.12. The lowest BCUT2D eigenvalue weighted by atomic mass is 10.4. The van der Waals surface area contributed by atoms with E-state index in [0.717, 1.165) is 0 Å². The van der Waals surface area contributed by atoms with Gasteiger partial charge in [-0.3, -0.25) is 15.1 Å². The van der Waals surface area contributed by atoms with Crippen LogP contribution in [0.3, 0.4) is 0 Å². The molecule has 0 amide bonds. The highest BCUT2D eigenvalue weighted by atomic mass is 16.5. The molecule has 72 valence electrons. The zero-order valence-corrected chi connectivity index (χ0v) is 7.01. The molecule has 2 aromatic rings. The lowest BCUT2D eigenvalue weighted by Gasteiger charge is -1.96. The van der Waals surface area contributed by atoms with E-state index in [4.69, 9.17) is 10.3 Å². The van der Waals surface area contributed by atoms with Crippen LogP contribution < -0.4 is 5.48 Å². The fourth-order valence-corrected chi connectivity index (χ4v) is 1.28. The van der Waals surface area contributed by atoms with Crippen molar-refractivity contribution in [3.63, 3.8) is 0 Å². The Bertz CT molecular complexity index is 492. The molecule has 0 spiro atoms. The maximum Gasteiger partial charge on any atom is 0.356 e. The number of imidazole rings is 1. The van der Waals surface area contributed by atoms with E-state index in [1.54, 1.807) is 29.9 Å². The highest BCUT2D eigenvalue weighted by Crippen LogP contribution is 2.16. The first-order valence-electron chi connectivity index (χ1n) is 3.84. The smallest absolute Gasteiger partial charge is 0.356 e. The molecule has 2 aromatic heterocycles. The first-order valence-corrected chi connectivity index (χ1v) is 3.84. The second kappa shape index (κ2) is 3.00. The molecular formula is C8H7N3O3. The standard InChI is InChI=1S/C8H7N3O3/c12-8(13)6-7(10-14)9-5-3-1-2-4-11(5)6/h1-4,10,14H,(H,12,13). The van der Waals surface area contributed by atoms with E-state index in [9.17, 15) is 4.79 Å². The predicted molar refractivity (Wildman–Crippen MR) is 47.6 cm³/mol. The maximum atomic E-state index is 10.8. The average molecular weight is 193 g/mol. The van der Waals surface area contributed by atoms with Gasteiger partial charge in [0.15, 0.2) is 11.5 Å². The molecule has 0 aliphatic rings. The minimum Gasteiger partial charge on any atom is -0.476 e.